The largest absolute Gasteiger partial charge is 0.481 e. The zero-order valence-corrected chi connectivity index (χ0v) is 66.8. The van der Waals surface area contributed by atoms with Gasteiger partial charge in [-0.3, -0.25) is 28.8 Å². The maximum atomic E-state index is 13.5. The van der Waals surface area contributed by atoms with Crippen LogP contribution in [0.3, 0.4) is 0 Å². The van der Waals surface area contributed by atoms with Gasteiger partial charge in [-0.05, 0) is 162 Å². The van der Waals surface area contributed by atoms with Crippen molar-refractivity contribution in [2.45, 2.75) is 194 Å². The SMILES string of the molecule is CC(C)(C)c1ccc(C(=O)N[C@@H](Cc2ccc(-c3ncc(Br)cn3)cc2)C(=O)N2CC(C(=O)O)C2)s1.CCCC1CCC(C2CCN(c3cnc(-c4ccc(C[C@H](NC(=O)c5ccc(C(C)(C)C)s5)C(=O)N5CC(C(=O)O)C5)cc4)nc3)CC2)CC1.CCCC1CCC(C2CCNCC2)CC1.S.S. The molecule has 560 valence electrons. The summed E-state index contributed by atoms with van der Waals surface area (Å²) < 4.78 is 0.788. The molecule has 23 heteroatoms. The number of amides is 4. The minimum absolute atomic E-state index is 0. The van der Waals surface area contributed by atoms with Gasteiger partial charge in [-0.25, -0.2) is 19.9 Å². The fourth-order valence-corrected chi connectivity index (χ4v) is 17.6. The third kappa shape index (κ3) is 22.9. The smallest absolute Gasteiger partial charge is 0.310 e. The number of benzene rings is 2. The van der Waals surface area contributed by atoms with E-state index in [-0.39, 0.29) is 100 Å². The summed E-state index contributed by atoms with van der Waals surface area (Å²) in [5.41, 5.74) is 4.35. The van der Waals surface area contributed by atoms with Crippen LogP contribution in [0.1, 0.15) is 198 Å². The number of aliphatic carboxylic acids is 2. The molecule has 0 unspecified atom stereocenters. The third-order valence-electron chi connectivity index (χ3n) is 21.8. The van der Waals surface area contributed by atoms with Gasteiger partial charge in [0.2, 0.25) is 11.8 Å². The van der Waals surface area contributed by atoms with Crippen LogP contribution in [0.2, 0.25) is 0 Å². The van der Waals surface area contributed by atoms with E-state index in [1.807, 2.05) is 73.1 Å². The molecule has 0 radical (unpaired) electrons. The van der Waals surface area contributed by atoms with Crippen molar-refractivity contribution in [1.29, 1.82) is 0 Å². The molecular formula is C80H111BrN10O8S4. The van der Waals surface area contributed by atoms with Crippen molar-refractivity contribution in [2.24, 2.45) is 47.3 Å². The topological polar surface area (TPSA) is 240 Å². The van der Waals surface area contributed by atoms with Gasteiger partial charge in [0.25, 0.3) is 11.8 Å². The molecule has 6 aliphatic rings. The van der Waals surface area contributed by atoms with Gasteiger partial charge in [0.1, 0.15) is 12.1 Å². The highest BCUT2D eigenvalue weighted by atomic mass is 79.9. The number of likely N-dealkylation sites (tertiary alicyclic amines) is 2. The number of anilines is 1. The molecule has 2 atom stereocenters. The van der Waals surface area contributed by atoms with Gasteiger partial charge < -0.3 is 40.9 Å². The maximum Gasteiger partial charge on any atom is 0.310 e. The Morgan fingerprint density at radius 2 is 0.874 bits per heavy atom. The van der Waals surface area contributed by atoms with E-state index in [1.54, 1.807) is 24.5 Å². The highest BCUT2D eigenvalue weighted by Gasteiger charge is 2.41. The van der Waals surface area contributed by atoms with Gasteiger partial charge >= 0.3 is 11.9 Å². The zero-order valence-electron chi connectivity index (χ0n) is 61.6. The van der Waals surface area contributed by atoms with Gasteiger partial charge in [0.05, 0.1) is 44.1 Å². The number of piperidine rings is 2. The molecule has 2 aromatic carbocycles. The van der Waals surface area contributed by atoms with Gasteiger partial charge in [0.15, 0.2) is 11.6 Å². The van der Waals surface area contributed by atoms with E-state index >= 15 is 0 Å². The predicted molar refractivity (Wildman–Crippen MR) is 426 cm³/mol. The number of nitrogens with one attached hydrogen (secondary N) is 3. The lowest BCUT2D eigenvalue weighted by molar-refractivity contribution is -0.155. The average molecular weight is 1550 g/mol. The summed E-state index contributed by atoms with van der Waals surface area (Å²) in [6, 6.07) is 21.1. The summed E-state index contributed by atoms with van der Waals surface area (Å²) in [5, 5.41) is 27.8. The molecule has 0 spiro atoms. The van der Waals surface area contributed by atoms with E-state index in [0.29, 0.717) is 21.4 Å². The molecule has 4 amide bonds. The molecule has 12 rings (SSSR count). The number of halogens is 1. The molecule has 6 aromatic rings. The lowest BCUT2D eigenvalue weighted by atomic mass is 9.72. The summed E-state index contributed by atoms with van der Waals surface area (Å²) in [6.07, 6.45) is 30.6. The van der Waals surface area contributed by atoms with Crippen molar-refractivity contribution in [1.82, 2.24) is 45.7 Å². The maximum absolute atomic E-state index is 13.5. The first-order valence-electron chi connectivity index (χ1n) is 37.2. The number of carbonyl (C=O) groups is 6. The fourth-order valence-electron chi connectivity index (χ4n) is 15.5. The summed E-state index contributed by atoms with van der Waals surface area (Å²) in [7, 11) is 0. The average Bonchev–Trinajstić information content (AvgIpc) is 1.27. The van der Waals surface area contributed by atoms with Crippen LogP contribution in [-0.4, -0.2) is 140 Å². The number of carboxylic acid groups (broad SMARTS) is 2. The summed E-state index contributed by atoms with van der Waals surface area (Å²) in [4.78, 5) is 102. The molecule has 8 heterocycles. The van der Waals surface area contributed by atoms with E-state index in [0.717, 1.165) is 90.8 Å². The molecule has 4 aliphatic heterocycles. The summed E-state index contributed by atoms with van der Waals surface area (Å²) in [6.45, 7) is 22.5. The quantitative estimate of drug-likeness (QED) is 0.0450. The highest BCUT2D eigenvalue weighted by Crippen LogP contribution is 2.41. The Balaban J connectivity index is 0.000000220. The van der Waals surface area contributed by atoms with Gasteiger partial charge in [-0.15, -0.1) is 22.7 Å². The normalized spacial score (nSPS) is 20.3. The van der Waals surface area contributed by atoms with Crippen LogP contribution < -0.4 is 20.9 Å². The Morgan fingerprint density at radius 1 is 0.515 bits per heavy atom. The van der Waals surface area contributed by atoms with E-state index in [2.05, 4.69) is 102 Å². The van der Waals surface area contributed by atoms with Gasteiger partial charge in [-0.1, -0.05) is 155 Å². The number of rotatable bonds is 21. The van der Waals surface area contributed by atoms with E-state index < -0.39 is 35.9 Å². The molecule has 5 N–H and O–H groups in total. The van der Waals surface area contributed by atoms with Crippen LogP contribution in [0, 0.1) is 47.3 Å². The standard InChI is InChI=1S/C40H53N5O4S.C26H27BrN4O4S.C14H27N.2H2S/c1-5-6-26-7-11-28(12-8-26)29-17-19-44(20-18-29)32-22-41-36(42-23-32)30-13-9-27(10-14-30)21-33(38(47)45-24-31(25-45)39(48)49)43-37(46)34-15-16-35(50-34)40(2,3)4;1-26(2,3)21-9-8-20(36-21)23(32)30-19(24(33)31-13-17(14-31)25(34)35)10-15-4-6-16(7-5-15)22-28-11-18(27)12-29-22;1-2-3-12-4-6-13(7-5-12)14-8-10-15-11-9-14;;/h9-10,13-16,22-23,26,28-29,31,33H,5-8,11-12,17-21,24-25H2,1-4H3,(H,43,46)(H,48,49);4-9,11-12,17,19H,10,13-14H2,1-3H3,(H,30,32)(H,34,35);12-15H,2-11H2,1H3;2*1H2/t26?,28?,33-;19-;;;/m00.../s1. The first kappa shape index (κ1) is 82.4. The Morgan fingerprint density at radius 3 is 1.22 bits per heavy atom. The molecule has 18 nitrogen and oxygen atoms in total. The molecule has 2 aliphatic carbocycles. The van der Waals surface area contributed by atoms with Crippen molar-refractivity contribution in [2.75, 3.05) is 57.3 Å². The predicted octanol–water partition coefficient (Wildman–Crippen LogP) is 15.2. The van der Waals surface area contributed by atoms with Crippen molar-refractivity contribution in [3.8, 4) is 22.8 Å². The Kier molecular flexibility index (Phi) is 30.7. The van der Waals surface area contributed by atoms with E-state index in [4.69, 9.17) is 9.97 Å². The summed E-state index contributed by atoms with van der Waals surface area (Å²) in [5.74, 6) is 3.03. The number of hydrogen-bond acceptors (Lipinski definition) is 14. The van der Waals surface area contributed by atoms with Crippen LogP contribution in [0.5, 0.6) is 0 Å². The van der Waals surface area contributed by atoms with Crippen LogP contribution in [0.25, 0.3) is 22.8 Å². The number of nitrogens with zero attached hydrogens (tertiary/aromatic N) is 7. The van der Waals surface area contributed by atoms with Gasteiger partial charge in [0, 0.05) is 85.4 Å². The molecule has 2 saturated carbocycles. The first-order chi connectivity index (χ1) is 48.4. The molecule has 6 fully saturated rings. The second kappa shape index (κ2) is 38.3. The van der Waals surface area contributed by atoms with Crippen molar-refractivity contribution >= 4 is 107 Å². The number of aromatic nitrogens is 4. The Labute approximate surface area is 641 Å². The zero-order chi connectivity index (χ0) is 72.0. The number of hydrogen-bond donors (Lipinski definition) is 5. The van der Waals surface area contributed by atoms with Gasteiger partial charge in [-0.2, -0.15) is 27.0 Å². The van der Waals surface area contributed by atoms with Crippen LogP contribution in [-0.2, 0) is 42.8 Å². The fraction of sp³-hybridized carbons (Fsp3) is 0.575. The number of carboxylic acids is 2. The molecular weight excluding hydrogens is 1440 g/mol. The van der Waals surface area contributed by atoms with Crippen molar-refractivity contribution < 1.29 is 39.0 Å². The van der Waals surface area contributed by atoms with Crippen LogP contribution in [0.4, 0.5) is 5.69 Å². The first-order valence-corrected chi connectivity index (χ1v) is 39.6. The molecule has 4 saturated heterocycles. The monoisotopic (exact) mass is 1550 g/mol. The molecule has 0 bridgehead atoms. The van der Waals surface area contributed by atoms with E-state index in [9.17, 15) is 39.0 Å². The van der Waals surface area contributed by atoms with Crippen LogP contribution >= 0.6 is 65.6 Å². The second-order valence-corrected chi connectivity index (χ2v) is 34.4. The lowest BCUT2D eigenvalue weighted by Crippen LogP contribution is -2.59. The Bertz CT molecular complexity index is 3690. The van der Waals surface area contributed by atoms with Crippen molar-refractivity contribution in [3.63, 3.8) is 0 Å². The van der Waals surface area contributed by atoms with E-state index in [1.165, 1.54) is 148 Å². The molecule has 4 aromatic heterocycles. The van der Waals surface area contributed by atoms with Crippen LogP contribution in [0.15, 0.2) is 102 Å². The minimum Gasteiger partial charge on any atom is -0.481 e. The minimum atomic E-state index is -0.918. The lowest BCUT2D eigenvalue weighted by Gasteiger charge is -2.39. The molecule has 103 heavy (non-hydrogen) atoms. The number of carbonyl (C=O) groups excluding carboxylic acids is 4. The second-order valence-electron chi connectivity index (χ2n) is 31.3. The Hall–Kier alpha value is -6.24. The highest BCUT2D eigenvalue weighted by molar-refractivity contribution is 9.10. The third-order valence-corrected chi connectivity index (χ3v) is 25.2. The number of thiophene rings is 2. The summed E-state index contributed by atoms with van der Waals surface area (Å²) >= 11 is 6.16. The van der Waals surface area contributed by atoms with Crippen molar-refractivity contribution in [3.05, 3.63) is 133 Å².